The van der Waals surface area contributed by atoms with E-state index in [2.05, 4.69) is 16.4 Å². The molecule has 0 radical (unpaired) electrons. The largest absolute Gasteiger partial charge is 0.489 e. The highest BCUT2D eigenvalue weighted by Crippen LogP contribution is 2.29. The van der Waals surface area contributed by atoms with Crippen molar-refractivity contribution in [3.8, 4) is 5.75 Å². The van der Waals surface area contributed by atoms with E-state index in [0.29, 0.717) is 18.7 Å². The molecular weight excluding hydrogens is 384 g/mol. The molecule has 1 amide bonds. The van der Waals surface area contributed by atoms with E-state index in [4.69, 9.17) is 16.2 Å². The smallest absolute Gasteiger partial charge is 0.255 e. The molecule has 6 nitrogen and oxygen atoms in total. The molecule has 146 valence electrons. The molecule has 0 bridgehead atoms. The summed E-state index contributed by atoms with van der Waals surface area (Å²) < 4.78 is 7.00. The van der Waals surface area contributed by atoms with Crippen molar-refractivity contribution in [3.05, 3.63) is 82.7 Å². The number of benzene rings is 2. The minimum absolute atomic E-state index is 0.124. The van der Waals surface area contributed by atoms with Crippen molar-refractivity contribution in [2.24, 2.45) is 0 Å². The van der Waals surface area contributed by atoms with Crippen LogP contribution in [0.1, 0.15) is 20.8 Å². The van der Waals surface area contributed by atoms with Crippen molar-refractivity contribution < 1.29 is 9.53 Å². The number of nitrogens with one attached hydrogen (secondary N) is 1. The number of amides is 1. The van der Waals surface area contributed by atoms with Gasteiger partial charge in [-0.3, -0.25) is 4.79 Å². The number of ether oxygens (including phenoxy) is 1. The molecule has 0 aliphatic carbocycles. The van der Waals surface area contributed by atoms with Crippen LogP contribution >= 0.6 is 11.3 Å². The Hall–Kier alpha value is -3.58. The Morgan fingerprint density at radius 3 is 2.66 bits per heavy atom. The lowest BCUT2D eigenvalue weighted by atomic mass is 10.2. The molecule has 0 aliphatic rings. The first kappa shape index (κ1) is 18.8. The molecule has 0 aliphatic heterocycles. The molecule has 2 aromatic heterocycles. The number of nitrogens with two attached hydrogens (primary N) is 2. The molecule has 5 N–H and O–H groups in total. The molecule has 2 aromatic carbocycles. The summed E-state index contributed by atoms with van der Waals surface area (Å²) in [4.78, 5) is 17.3. The van der Waals surface area contributed by atoms with Crippen molar-refractivity contribution in [1.82, 2.24) is 10.3 Å². The molecule has 0 fully saturated rings. The molecule has 4 aromatic rings. The number of pyridine rings is 1. The first-order valence-electron chi connectivity index (χ1n) is 9.08. The van der Waals surface area contributed by atoms with Crippen LogP contribution in [0.4, 0.5) is 11.6 Å². The number of nitrogen functional groups attached to an aromatic ring is 2. The van der Waals surface area contributed by atoms with E-state index in [1.54, 1.807) is 23.5 Å². The van der Waals surface area contributed by atoms with Crippen molar-refractivity contribution in [3.63, 3.8) is 0 Å². The first-order valence-corrected chi connectivity index (χ1v) is 9.89. The van der Waals surface area contributed by atoms with E-state index in [9.17, 15) is 4.79 Å². The highest BCUT2D eigenvalue weighted by molar-refractivity contribution is 7.19. The minimum Gasteiger partial charge on any atom is -0.489 e. The molecule has 0 saturated heterocycles. The van der Waals surface area contributed by atoms with Crippen molar-refractivity contribution in [2.45, 2.75) is 13.2 Å². The lowest BCUT2D eigenvalue weighted by molar-refractivity contribution is 0.0952. The second-order valence-electron chi connectivity index (χ2n) is 6.54. The van der Waals surface area contributed by atoms with Crippen LogP contribution in [0.15, 0.2) is 66.7 Å². The molecule has 0 spiro atoms. The third kappa shape index (κ3) is 4.47. The number of thiophene rings is 1. The van der Waals surface area contributed by atoms with Crippen LogP contribution in [0.2, 0.25) is 0 Å². The van der Waals surface area contributed by atoms with Gasteiger partial charge < -0.3 is 21.5 Å². The second-order valence-corrected chi connectivity index (χ2v) is 7.71. The molecular formula is C22H20N4O2S. The van der Waals surface area contributed by atoms with E-state index >= 15 is 0 Å². The lowest BCUT2D eigenvalue weighted by Crippen LogP contribution is -2.23. The number of carbonyl (C=O) groups excluding carboxylic acids is 1. The van der Waals surface area contributed by atoms with E-state index in [1.807, 2.05) is 48.5 Å². The van der Waals surface area contributed by atoms with Gasteiger partial charge in [0.15, 0.2) is 0 Å². The SMILES string of the molecule is Nc1ccc(C(=O)NCc2cc3ccc(OCc4ccccc4)cc3s2)c(N)n1. The predicted molar refractivity (Wildman–Crippen MR) is 117 cm³/mol. The van der Waals surface area contributed by atoms with Gasteiger partial charge in [0.1, 0.15) is 24.0 Å². The maximum Gasteiger partial charge on any atom is 0.255 e. The number of hydrogen-bond donors (Lipinski definition) is 3. The Morgan fingerprint density at radius 1 is 1.03 bits per heavy atom. The monoisotopic (exact) mass is 404 g/mol. The van der Waals surface area contributed by atoms with Crippen LogP contribution in [0.25, 0.3) is 10.1 Å². The van der Waals surface area contributed by atoms with Gasteiger partial charge in [0, 0.05) is 9.58 Å². The van der Waals surface area contributed by atoms with Crippen LogP contribution in [0.5, 0.6) is 5.75 Å². The zero-order valence-corrected chi connectivity index (χ0v) is 16.4. The fourth-order valence-electron chi connectivity index (χ4n) is 2.93. The molecule has 4 rings (SSSR count). The second kappa shape index (κ2) is 8.20. The van der Waals surface area contributed by atoms with Crippen LogP contribution in [-0.2, 0) is 13.2 Å². The fraction of sp³-hybridized carbons (Fsp3) is 0.0909. The average Bonchev–Trinajstić information content (AvgIpc) is 3.13. The summed E-state index contributed by atoms with van der Waals surface area (Å²) in [6.45, 7) is 0.930. The van der Waals surface area contributed by atoms with Crippen molar-refractivity contribution in [1.29, 1.82) is 0 Å². The zero-order chi connectivity index (χ0) is 20.2. The van der Waals surface area contributed by atoms with Gasteiger partial charge in [-0.15, -0.1) is 11.3 Å². The van der Waals surface area contributed by atoms with Crippen LogP contribution in [-0.4, -0.2) is 10.9 Å². The van der Waals surface area contributed by atoms with Crippen LogP contribution in [0, 0.1) is 0 Å². The van der Waals surface area contributed by atoms with Gasteiger partial charge >= 0.3 is 0 Å². The van der Waals surface area contributed by atoms with Gasteiger partial charge in [-0.25, -0.2) is 4.98 Å². The van der Waals surface area contributed by atoms with Crippen molar-refractivity contribution in [2.75, 3.05) is 11.5 Å². The Morgan fingerprint density at radius 2 is 1.86 bits per heavy atom. The molecule has 0 unspecified atom stereocenters. The number of hydrogen-bond acceptors (Lipinski definition) is 6. The summed E-state index contributed by atoms with van der Waals surface area (Å²) in [7, 11) is 0. The van der Waals surface area contributed by atoms with E-state index in [-0.39, 0.29) is 17.5 Å². The van der Waals surface area contributed by atoms with Gasteiger partial charge in [0.25, 0.3) is 5.91 Å². The van der Waals surface area contributed by atoms with Crippen LogP contribution < -0.4 is 21.5 Å². The zero-order valence-electron chi connectivity index (χ0n) is 15.6. The van der Waals surface area contributed by atoms with Crippen LogP contribution in [0.3, 0.4) is 0 Å². The fourth-order valence-corrected chi connectivity index (χ4v) is 3.96. The Labute approximate surface area is 172 Å². The summed E-state index contributed by atoms with van der Waals surface area (Å²) in [6.07, 6.45) is 0. The van der Waals surface area contributed by atoms with Gasteiger partial charge in [-0.2, -0.15) is 0 Å². The summed E-state index contributed by atoms with van der Waals surface area (Å²) >= 11 is 1.62. The van der Waals surface area contributed by atoms with E-state index < -0.39 is 0 Å². The topological polar surface area (TPSA) is 103 Å². The number of nitrogens with zero attached hydrogens (tertiary/aromatic N) is 1. The maximum absolute atomic E-state index is 12.4. The third-order valence-corrected chi connectivity index (χ3v) is 5.50. The predicted octanol–water partition coefficient (Wildman–Crippen LogP) is 3.97. The molecule has 0 saturated carbocycles. The van der Waals surface area contributed by atoms with Gasteiger partial charge in [0.2, 0.25) is 0 Å². The number of rotatable bonds is 6. The van der Waals surface area contributed by atoms with Crippen molar-refractivity contribution >= 4 is 39.0 Å². The summed E-state index contributed by atoms with van der Waals surface area (Å²) in [5.41, 5.74) is 12.8. The summed E-state index contributed by atoms with van der Waals surface area (Å²) in [6, 6.07) is 21.3. The van der Waals surface area contributed by atoms with E-state index in [0.717, 1.165) is 26.3 Å². The number of carbonyl (C=O) groups is 1. The maximum atomic E-state index is 12.4. The molecule has 7 heteroatoms. The number of fused-ring (bicyclic) bond motifs is 1. The van der Waals surface area contributed by atoms with Gasteiger partial charge in [-0.1, -0.05) is 30.3 Å². The highest BCUT2D eigenvalue weighted by atomic mass is 32.1. The normalized spacial score (nSPS) is 10.8. The van der Waals surface area contributed by atoms with E-state index in [1.165, 1.54) is 0 Å². The highest BCUT2D eigenvalue weighted by Gasteiger charge is 2.12. The molecule has 2 heterocycles. The Kier molecular flexibility index (Phi) is 5.31. The summed E-state index contributed by atoms with van der Waals surface area (Å²) in [5.74, 6) is 0.951. The Balaban J connectivity index is 1.41. The standard InChI is InChI=1S/C22H20N4O2S/c23-20-9-8-18(21(24)26-20)22(27)25-12-17-10-15-6-7-16(11-19(15)29-17)28-13-14-4-2-1-3-5-14/h1-11H,12-13H2,(H,25,27)(H4,23,24,26). The average molecular weight is 404 g/mol. The van der Waals surface area contributed by atoms with Gasteiger partial charge in [0.05, 0.1) is 12.1 Å². The summed E-state index contributed by atoms with van der Waals surface area (Å²) in [5, 5.41) is 3.99. The molecule has 0 atom stereocenters. The van der Waals surface area contributed by atoms with Gasteiger partial charge in [-0.05, 0) is 47.3 Å². The Bertz CT molecular complexity index is 1160. The minimum atomic E-state index is -0.278. The number of anilines is 2. The lowest BCUT2D eigenvalue weighted by Gasteiger charge is -2.06. The first-order chi connectivity index (χ1) is 14.1. The third-order valence-electron chi connectivity index (χ3n) is 4.40. The number of aromatic nitrogens is 1. The molecule has 29 heavy (non-hydrogen) atoms. The quantitative estimate of drug-likeness (QED) is 0.451.